The summed E-state index contributed by atoms with van der Waals surface area (Å²) in [7, 11) is 1.33. The molecule has 0 fully saturated rings. The predicted molar refractivity (Wildman–Crippen MR) is 117 cm³/mol. The number of hydrogen-bond acceptors (Lipinski definition) is 7. The lowest BCUT2D eigenvalue weighted by atomic mass is 10.1. The fourth-order valence-electron chi connectivity index (χ4n) is 3.15. The van der Waals surface area contributed by atoms with Crippen molar-refractivity contribution in [3.8, 4) is 28.7 Å². The predicted octanol–water partition coefficient (Wildman–Crippen LogP) is 4.90. The van der Waals surface area contributed by atoms with E-state index >= 15 is 0 Å². The molecule has 0 radical (unpaired) electrons. The van der Waals surface area contributed by atoms with Crippen molar-refractivity contribution in [3.05, 3.63) is 89.2 Å². The number of ether oxygens (including phenoxy) is 2. The molecular weight excluding hydrogens is 427 g/mol. The van der Waals surface area contributed by atoms with Gasteiger partial charge in [0.05, 0.1) is 12.7 Å². The molecule has 0 atom stereocenters. The second-order valence-electron chi connectivity index (χ2n) is 7.15. The number of aryl methyl sites for hydroxylation is 1. The summed E-state index contributed by atoms with van der Waals surface area (Å²) in [6.07, 6.45) is 0. The van der Waals surface area contributed by atoms with Crippen molar-refractivity contribution in [1.29, 1.82) is 0 Å². The van der Waals surface area contributed by atoms with Crippen molar-refractivity contribution in [2.45, 2.75) is 6.92 Å². The van der Waals surface area contributed by atoms with Crippen LogP contribution < -0.4 is 4.74 Å². The van der Waals surface area contributed by atoms with Crippen LogP contribution in [0, 0.1) is 12.7 Å². The molecule has 0 N–H and O–H groups in total. The second-order valence-corrected chi connectivity index (χ2v) is 7.15. The highest BCUT2D eigenvalue weighted by atomic mass is 19.1. The zero-order valence-electron chi connectivity index (χ0n) is 17.9. The van der Waals surface area contributed by atoms with E-state index < -0.39 is 24.2 Å². The number of halogens is 1. The molecular formula is C25H19FN2O5. The van der Waals surface area contributed by atoms with Gasteiger partial charge in [-0.05, 0) is 61.0 Å². The van der Waals surface area contributed by atoms with Crippen molar-refractivity contribution in [3.63, 3.8) is 0 Å². The molecule has 0 aliphatic heterocycles. The van der Waals surface area contributed by atoms with E-state index in [0.29, 0.717) is 17.3 Å². The topological polar surface area (TPSA) is 91.5 Å². The molecule has 0 bridgehead atoms. The van der Waals surface area contributed by atoms with Crippen molar-refractivity contribution in [2.24, 2.45) is 0 Å². The molecule has 0 saturated carbocycles. The third kappa shape index (κ3) is 4.79. The third-order valence-corrected chi connectivity index (χ3v) is 4.98. The van der Waals surface area contributed by atoms with Gasteiger partial charge in [-0.1, -0.05) is 18.2 Å². The quantitative estimate of drug-likeness (QED) is 0.295. The van der Waals surface area contributed by atoms with E-state index in [1.54, 1.807) is 12.1 Å². The van der Waals surface area contributed by atoms with Gasteiger partial charge in [0.25, 0.3) is 0 Å². The van der Waals surface area contributed by atoms with Crippen LogP contribution in [0.25, 0.3) is 22.9 Å². The number of benzene rings is 3. The summed E-state index contributed by atoms with van der Waals surface area (Å²) in [5.74, 6) is -1.15. The summed E-state index contributed by atoms with van der Waals surface area (Å²) in [6, 6.07) is 17.8. The Morgan fingerprint density at radius 1 is 0.939 bits per heavy atom. The Bertz CT molecular complexity index is 1310. The zero-order chi connectivity index (χ0) is 23.4. The molecule has 0 unspecified atom stereocenters. The smallest absolute Gasteiger partial charge is 0.338 e. The second kappa shape index (κ2) is 9.44. The van der Waals surface area contributed by atoms with E-state index in [1.165, 1.54) is 31.4 Å². The molecule has 4 aromatic rings. The van der Waals surface area contributed by atoms with Crippen LogP contribution in [-0.4, -0.2) is 35.7 Å². The summed E-state index contributed by atoms with van der Waals surface area (Å²) in [5.41, 5.74) is 2.81. The Morgan fingerprint density at radius 2 is 1.64 bits per heavy atom. The first-order valence-corrected chi connectivity index (χ1v) is 10.00. The minimum Gasteiger partial charge on any atom is -0.494 e. The van der Waals surface area contributed by atoms with Crippen molar-refractivity contribution < 1.29 is 27.9 Å². The van der Waals surface area contributed by atoms with E-state index in [2.05, 4.69) is 10.2 Å². The SMILES string of the molecule is COc1ccc(C(=O)COC(=O)c2ccc(-c3nnc(-c4ccccc4C)o3)cc2)cc1F. The van der Waals surface area contributed by atoms with Crippen molar-refractivity contribution in [1.82, 2.24) is 10.2 Å². The first kappa shape index (κ1) is 21.9. The van der Waals surface area contributed by atoms with Crippen LogP contribution in [0.5, 0.6) is 5.75 Å². The summed E-state index contributed by atoms with van der Waals surface area (Å²) >= 11 is 0. The van der Waals surface area contributed by atoms with Gasteiger partial charge in [0.15, 0.2) is 24.0 Å². The lowest BCUT2D eigenvalue weighted by molar-refractivity contribution is 0.0474. The molecule has 0 amide bonds. The van der Waals surface area contributed by atoms with Gasteiger partial charge >= 0.3 is 5.97 Å². The summed E-state index contributed by atoms with van der Waals surface area (Å²) in [6.45, 7) is 1.44. The Balaban J connectivity index is 1.40. The van der Waals surface area contributed by atoms with Crippen LogP contribution in [0.4, 0.5) is 4.39 Å². The van der Waals surface area contributed by atoms with Crippen LogP contribution in [0.15, 0.2) is 71.1 Å². The van der Waals surface area contributed by atoms with E-state index in [9.17, 15) is 14.0 Å². The van der Waals surface area contributed by atoms with Gasteiger partial charge in [-0.15, -0.1) is 10.2 Å². The number of carbonyl (C=O) groups is 2. The standard InChI is InChI=1S/C25H19FN2O5/c1-15-5-3-4-6-19(15)24-28-27-23(33-24)16-7-9-17(10-8-16)25(30)32-14-21(29)18-11-12-22(31-2)20(26)13-18/h3-13H,14H2,1-2H3. The Labute approximate surface area is 188 Å². The average Bonchev–Trinajstić information content (AvgIpc) is 3.32. The normalized spacial score (nSPS) is 10.6. The number of methoxy groups -OCH3 is 1. The van der Waals surface area contributed by atoms with E-state index in [-0.39, 0.29) is 16.9 Å². The monoisotopic (exact) mass is 446 g/mol. The van der Waals surface area contributed by atoms with Crippen LogP contribution in [0.2, 0.25) is 0 Å². The molecule has 0 saturated heterocycles. The van der Waals surface area contributed by atoms with Crippen molar-refractivity contribution >= 4 is 11.8 Å². The highest BCUT2D eigenvalue weighted by Crippen LogP contribution is 2.26. The van der Waals surface area contributed by atoms with Crippen LogP contribution in [0.1, 0.15) is 26.3 Å². The maximum atomic E-state index is 13.8. The molecule has 0 aliphatic carbocycles. The number of carbonyl (C=O) groups excluding carboxylic acids is 2. The van der Waals surface area contributed by atoms with E-state index in [0.717, 1.165) is 17.2 Å². The molecule has 0 aliphatic rings. The molecule has 3 aromatic carbocycles. The zero-order valence-corrected chi connectivity index (χ0v) is 17.9. The highest BCUT2D eigenvalue weighted by Gasteiger charge is 2.16. The first-order valence-electron chi connectivity index (χ1n) is 10.00. The molecule has 1 heterocycles. The van der Waals surface area contributed by atoms with Gasteiger partial charge in [0, 0.05) is 16.7 Å². The average molecular weight is 446 g/mol. The Hall–Kier alpha value is -4.33. The van der Waals surface area contributed by atoms with Crippen LogP contribution >= 0.6 is 0 Å². The molecule has 166 valence electrons. The van der Waals surface area contributed by atoms with Gasteiger partial charge in [-0.2, -0.15) is 0 Å². The number of Topliss-reactive ketones (excluding diaryl/α,β-unsaturated/α-hetero) is 1. The number of esters is 1. The lowest BCUT2D eigenvalue weighted by Crippen LogP contribution is -2.14. The molecule has 33 heavy (non-hydrogen) atoms. The van der Waals surface area contributed by atoms with E-state index in [1.807, 2.05) is 31.2 Å². The number of hydrogen-bond donors (Lipinski definition) is 0. The maximum Gasteiger partial charge on any atom is 0.338 e. The largest absolute Gasteiger partial charge is 0.494 e. The van der Waals surface area contributed by atoms with Crippen LogP contribution in [0.3, 0.4) is 0 Å². The minimum atomic E-state index is -0.685. The summed E-state index contributed by atoms with van der Waals surface area (Å²) in [5, 5.41) is 8.17. The number of ketones is 1. The first-order chi connectivity index (χ1) is 16.0. The highest BCUT2D eigenvalue weighted by molar-refractivity contribution is 5.99. The lowest BCUT2D eigenvalue weighted by Gasteiger charge is -2.06. The summed E-state index contributed by atoms with van der Waals surface area (Å²) in [4.78, 5) is 24.5. The van der Waals surface area contributed by atoms with Gasteiger partial charge in [-0.25, -0.2) is 9.18 Å². The van der Waals surface area contributed by atoms with Gasteiger partial charge in [-0.3, -0.25) is 4.79 Å². The number of aromatic nitrogens is 2. The molecule has 8 heteroatoms. The fraction of sp³-hybridized carbons (Fsp3) is 0.120. The van der Waals surface area contributed by atoms with Gasteiger partial charge in [0.2, 0.25) is 11.8 Å². The minimum absolute atomic E-state index is 0.0240. The molecule has 1 aromatic heterocycles. The number of nitrogens with zero attached hydrogens (tertiary/aromatic N) is 2. The van der Waals surface area contributed by atoms with Gasteiger partial charge in [0.1, 0.15) is 0 Å². The maximum absolute atomic E-state index is 13.8. The van der Waals surface area contributed by atoms with Crippen molar-refractivity contribution in [2.75, 3.05) is 13.7 Å². The van der Waals surface area contributed by atoms with E-state index in [4.69, 9.17) is 13.9 Å². The summed E-state index contributed by atoms with van der Waals surface area (Å²) < 4.78 is 29.4. The fourth-order valence-corrected chi connectivity index (χ4v) is 3.15. The molecule has 0 spiro atoms. The van der Waals surface area contributed by atoms with Crippen LogP contribution in [-0.2, 0) is 4.74 Å². The number of rotatable bonds is 7. The van der Waals surface area contributed by atoms with Gasteiger partial charge < -0.3 is 13.9 Å². The third-order valence-electron chi connectivity index (χ3n) is 4.98. The Morgan fingerprint density at radius 3 is 2.33 bits per heavy atom. The molecule has 7 nitrogen and oxygen atoms in total. The Kier molecular flexibility index (Phi) is 6.26. The molecule has 4 rings (SSSR count).